The van der Waals surface area contributed by atoms with E-state index in [-0.39, 0.29) is 18.7 Å². The number of carboxylic acid groups (broad SMARTS) is 1. The molecule has 1 heterocycles. The van der Waals surface area contributed by atoms with Gasteiger partial charge in [-0.1, -0.05) is 17.7 Å². The molecule has 1 amide bonds. The standard InChI is InChI=1S/C17H23NO5/c1-12-3-4-15(13(2)9-12)23-7-5-16(19)18-6-8-22-14(11-18)10-17(20)21/h3-4,9,14H,5-8,10-11H2,1-2H3,(H,20,21). The zero-order valence-electron chi connectivity index (χ0n) is 13.6. The molecule has 0 aromatic heterocycles. The number of carbonyl (C=O) groups excluding carboxylic acids is 1. The minimum Gasteiger partial charge on any atom is -0.493 e. The number of ether oxygens (including phenoxy) is 2. The quantitative estimate of drug-likeness (QED) is 0.864. The first-order chi connectivity index (χ1) is 11.0. The van der Waals surface area contributed by atoms with E-state index < -0.39 is 12.1 Å². The monoisotopic (exact) mass is 321 g/mol. The molecule has 0 saturated carbocycles. The van der Waals surface area contributed by atoms with Gasteiger partial charge in [-0.15, -0.1) is 0 Å². The number of rotatable bonds is 6. The Kier molecular flexibility index (Phi) is 5.98. The minimum absolute atomic E-state index is 0.0338. The van der Waals surface area contributed by atoms with E-state index in [0.29, 0.717) is 26.3 Å². The Hall–Kier alpha value is -2.08. The van der Waals surface area contributed by atoms with Crippen LogP contribution >= 0.6 is 0 Å². The van der Waals surface area contributed by atoms with Crippen molar-refractivity contribution in [3.8, 4) is 5.75 Å². The van der Waals surface area contributed by atoms with E-state index in [4.69, 9.17) is 14.6 Å². The fraction of sp³-hybridized carbons (Fsp3) is 0.529. The van der Waals surface area contributed by atoms with E-state index >= 15 is 0 Å². The number of carbonyl (C=O) groups is 2. The Labute approximate surface area is 136 Å². The molecule has 0 bridgehead atoms. The van der Waals surface area contributed by atoms with Gasteiger partial charge in [0.05, 0.1) is 32.2 Å². The fourth-order valence-electron chi connectivity index (χ4n) is 2.63. The predicted octanol–water partition coefficient (Wildman–Crippen LogP) is 1.77. The third-order valence-corrected chi connectivity index (χ3v) is 3.80. The number of nitrogens with zero attached hydrogens (tertiary/aromatic N) is 1. The molecule has 1 unspecified atom stereocenters. The van der Waals surface area contributed by atoms with Crippen molar-refractivity contribution >= 4 is 11.9 Å². The van der Waals surface area contributed by atoms with Crippen LogP contribution in [0.5, 0.6) is 5.75 Å². The Bertz CT molecular complexity index is 572. The maximum Gasteiger partial charge on any atom is 0.306 e. The Morgan fingerprint density at radius 1 is 1.39 bits per heavy atom. The van der Waals surface area contributed by atoms with Crippen LogP contribution in [0.3, 0.4) is 0 Å². The van der Waals surface area contributed by atoms with Crippen LogP contribution < -0.4 is 4.74 Å². The summed E-state index contributed by atoms with van der Waals surface area (Å²) < 4.78 is 11.0. The molecule has 1 aliphatic heterocycles. The van der Waals surface area contributed by atoms with Gasteiger partial charge >= 0.3 is 5.97 Å². The summed E-state index contributed by atoms with van der Waals surface area (Å²) in [5, 5.41) is 8.80. The number of hydrogen-bond donors (Lipinski definition) is 1. The number of hydrogen-bond acceptors (Lipinski definition) is 4. The molecule has 0 radical (unpaired) electrons. The van der Waals surface area contributed by atoms with Crippen molar-refractivity contribution in [3.05, 3.63) is 29.3 Å². The Balaban J connectivity index is 1.79. The second-order valence-corrected chi connectivity index (χ2v) is 5.80. The first-order valence-corrected chi connectivity index (χ1v) is 7.77. The van der Waals surface area contributed by atoms with Crippen LogP contribution in [0.15, 0.2) is 18.2 Å². The molecule has 0 aliphatic carbocycles. The molecule has 1 fully saturated rings. The zero-order valence-corrected chi connectivity index (χ0v) is 13.6. The highest BCUT2D eigenvalue weighted by Gasteiger charge is 2.25. The molecule has 1 N–H and O–H groups in total. The first kappa shape index (κ1) is 17.3. The molecule has 1 saturated heterocycles. The first-order valence-electron chi connectivity index (χ1n) is 7.77. The molecule has 1 aliphatic rings. The van der Waals surface area contributed by atoms with Crippen LogP contribution in [0.4, 0.5) is 0 Å². The summed E-state index contributed by atoms with van der Waals surface area (Å²) in [6.07, 6.45) is -0.235. The highest BCUT2D eigenvalue weighted by molar-refractivity contribution is 5.76. The molecule has 23 heavy (non-hydrogen) atoms. The van der Waals surface area contributed by atoms with Crippen molar-refractivity contribution in [2.75, 3.05) is 26.3 Å². The number of benzene rings is 1. The summed E-state index contributed by atoms with van der Waals surface area (Å²) in [6, 6.07) is 5.92. The number of morpholine rings is 1. The summed E-state index contributed by atoms with van der Waals surface area (Å²) in [6.45, 7) is 5.51. The highest BCUT2D eigenvalue weighted by atomic mass is 16.5. The van der Waals surface area contributed by atoms with Crippen LogP contribution in [-0.2, 0) is 14.3 Å². The zero-order chi connectivity index (χ0) is 16.8. The van der Waals surface area contributed by atoms with E-state index in [2.05, 4.69) is 0 Å². The normalized spacial score (nSPS) is 17.8. The van der Waals surface area contributed by atoms with Gasteiger partial charge < -0.3 is 19.5 Å². The second kappa shape index (κ2) is 7.97. The summed E-state index contributed by atoms with van der Waals surface area (Å²) in [4.78, 5) is 24.6. The molecule has 1 aromatic carbocycles. The number of aliphatic carboxylic acids is 1. The molecule has 6 heteroatoms. The summed E-state index contributed by atoms with van der Waals surface area (Å²) in [5.74, 6) is -0.162. The minimum atomic E-state index is -0.914. The summed E-state index contributed by atoms with van der Waals surface area (Å²) in [5.41, 5.74) is 2.22. The lowest BCUT2D eigenvalue weighted by Gasteiger charge is -2.32. The number of carboxylic acids is 1. The largest absolute Gasteiger partial charge is 0.493 e. The molecular weight excluding hydrogens is 298 g/mol. The molecule has 0 spiro atoms. The van der Waals surface area contributed by atoms with Gasteiger partial charge in [0.1, 0.15) is 5.75 Å². The topological polar surface area (TPSA) is 76.1 Å². The third-order valence-electron chi connectivity index (χ3n) is 3.80. The molecule has 6 nitrogen and oxygen atoms in total. The lowest BCUT2D eigenvalue weighted by molar-refractivity contribution is -0.147. The lowest BCUT2D eigenvalue weighted by atomic mass is 10.1. The average molecular weight is 321 g/mol. The van der Waals surface area contributed by atoms with Gasteiger partial charge in [0, 0.05) is 13.1 Å². The van der Waals surface area contributed by atoms with Crippen molar-refractivity contribution in [2.24, 2.45) is 0 Å². The van der Waals surface area contributed by atoms with Crippen molar-refractivity contribution in [2.45, 2.75) is 32.8 Å². The Morgan fingerprint density at radius 2 is 2.17 bits per heavy atom. The van der Waals surface area contributed by atoms with Crippen LogP contribution in [-0.4, -0.2) is 54.3 Å². The lowest BCUT2D eigenvalue weighted by Crippen LogP contribution is -2.46. The SMILES string of the molecule is Cc1ccc(OCCC(=O)N2CCOC(CC(=O)O)C2)c(C)c1. The predicted molar refractivity (Wildman–Crippen MR) is 84.6 cm³/mol. The average Bonchev–Trinajstić information content (AvgIpc) is 2.49. The fourth-order valence-corrected chi connectivity index (χ4v) is 2.63. The summed E-state index contributed by atoms with van der Waals surface area (Å²) >= 11 is 0. The summed E-state index contributed by atoms with van der Waals surface area (Å²) in [7, 11) is 0. The van der Waals surface area contributed by atoms with Crippen LogP contribution in [0, 0.1) is 13.8 Å². The number of amides is 1. The molecule has 1 atom stereocenters. The van der Waals surface area contributed by atoms with Crippen molar-refractivity contribution in [1.29, 1.82) is 0 Å². The molecule has 126 valence electrons. The maximum absolute atomic E-state index is 12.2. The van der Waals surface area contributed by atoms with Crippen molar-refractivity contribution in [1.82, 2.24) is 4.90 Å². The molecule has 2 rings (SSSR count). The second-order valence-electron chi connectivity index (χ2n) is 5.80. The smallest absolute Gasteiger partial charge is 0.306 e. The van der Waals surface area contributed by atoms with Crippen LogP contribution in [0.25, 0.3) is 0 Å². The van der Waals surface area contributed by atoms with E-state index in [9.17, 15) is 9.59 Å². The van der Waals surface area contributed by atoms with Crippen LogP contribution in [0.1, 0.15) is 24.0 Å². The van der Waals surface area contributed by atoms with Gasteiger partial charge in [0.2, 0.25) is 5.91 Å². The van der Waals surface area contributed by atoms with Crippen LogP contribution in [0.2, 0.25) is 0 Å². The highest BCUT2D eigenvalue weighted by Crippen LogP contribution is 2.19. The molecule has 1 aromatic rings. The van der Waals surface area contributed by atoms with E-state index in [1.54, 1.807) is 4.90 Å². The van der Waals surface area contributed by atoms with Gasteiger partial charge in [0.15, 0.2) is 0 Å². The number of aryl methyl sites for hydroxylation is 2. The van der Waals surface area contributed by atoms with Gasteiger partial charge in [-0.25, -0.2) is 0 Å². The van der Waals surface area contributed by atoms with Gasteiger partial charge in [0.25, 0.3) is 0 Å². The van der Waals surface area contributed by atoms with E-state index in [0.717, 1.165) is 11.3 Å². The molecular formula is C17H23NO5. The van der Waals surface area contributed by atoms with Gasteiger partial charge in [-0.3, -0.25) is 9.59 Å². The van der Waals surface area contributed by atoms with Crippen molar-refractivity contribution in [3.63, 3.8) is 0 Å². The van der Waals surface area contributed by atoms with Gasteiger partial charge in [-0.2, -0.15) is 0 Å². The Morgan fingerprint density at radius 3 is 2.87 bits per heavy atom. The van der Waals surface area contributed by atoms with E-state index in [1.165, 1.54) is 5.56 Å². The van der Waals surface area contributed by atoms with Crippen molar-refractivity contribution < 1.29 is 24.2 Å². The van der Waals surface area contributed by atoms with E-state index in [1.807, 2.05) is 32.0 Å². The third kappa shape index (κ3) is 5.25. The maximum atomic E-state index is 12.2. The van der Waals surface area contributed by atoms with Gasteiger partial charge in [-0.05, 0) is 25.5 Å².